The summed E-state index contributed by atoms with van der Waals surface area (Å²) in [4.78, 5) is 19.2. The van der Waals surface area contributed by atoms with Crippen LogP contribution in [0, 0.1) is 6.92 Å². The number of aromatic amines is 1. The molecular formula is C8H9N5O. The number of nitrogens with one attached hydrogen (secondary N) is 1. The molecule has 2 aromatic heterocycles. The second kappa shape index (κ2) is 2.99. The number of nitrogen functional groups attached to an aromatic ring is 1. The molecule has 72 valence electrons. The molecule has 0 amide bonds. The maximum Gasteiger partial charge on any atom is 0.274 e. The summed E-state index contributed by atoms with van der Waals surface area (Å²) in [5, 5.41) is 2.81. The molecule has 0 spiro atoms. The Morgan fingerprint density at radius 2 is 2.36 bits per heavy atom. The lowest BCUT2D eigenvalue weighted by molar-refractivity contribution is 0.776. The minimum absolute atomic E-state index is 0.201. The first-order chi connectivity index (χ1) is 6.66. The standard InChI is InChI=1S/C8H9N5O/c1-5-4-7(14)13(12-5)8-10-3-2-6(9)11-8/h2-4,12H,1H3,(H2,9,10,11). The van der Waals surface area contributed by atoms with Gasteiger partial charge in [-0.05, 0) is 13.0 Å². The van der Waals surface area contributed by atoms with E-state index in [4.69, 9.17) is 5.73 Å². The molecule has 0 aliphatic carbocycles. The molecule has 0 aliphatic rings. The molecule has 2 heterocycles. The van der Waals surface area contributed by atoms with Crippen molar-refractivity contribution in [1.82, 2.24) is 19.7 Å². The predicted octanol–water partition coefficient (Wildman–Crippen LogP) is -0.154. The van der Waals surface area contributed by atoms with Gasteiger partial charge in [0.2, 0.25) is 0 Å². The third-order valence-corrected chi connectivity index (χ3v) is 1.71. The Morgan fingerprint density at radius 3 is 2.93 bits per heavy atom. The van der Waals surface area contributed by atoms with Crippen LogP contribution in [0.5, 0.6) is 0 Å². The summed E-state index contributed by atoms with van der Waals surface area (Å²) in [5.74, 6) is 0.581. The number of rotatable bonds is 1. The Hall–Kier alpha value is -2.11. The van der Waals surface area contributed by atoms with Crippen LogP contribution in [0.3, 0.4) is 0 Å². The van der Waals surface area contributed by atoms with Crippen LogP contribution in [-0.4, -0.2) is 19.7 Å². The van der Waals surface area contributed by atoms with E-state index in [0.29, 0.717) is 5.82 Å². The number of hydrogen-bond acceptors (Lipinski definition) is 4. The quantitative estimate of drug-likeness (QED) is 0.655. The summed E-state index contributed by atoms with van der Waals surface area (Å²) in [6, 6.07) is 3.02. The fourth-order valence-corrected chi connectivity index (χ4v) is 1.13. The molecule has 3 N–H and O–H groups in total. The number of anilines is 1. The van der Waals surface area contributed by atoms with Crippen LogP contribution in [-0.2, 0) is 0 Å². The second-order valence-corrected chi connectivity index (χ2v) is 2.89. The highest BCUT2D eigenvalue weighted by Gasteiger charge is 2.04. The molecular weight excluding hydrogens is 182 g/mol. The van der Waals surface area contributed by atoms with Crippen molar-refractivity contribution in [2.24, 2.45) is 0 Å². The van der Waals surface area contributed by atoms with Crippen molar-refractivity contribution in [3.8, 4) is 5.95 Å². The number of nitrogens with two attached hydrogens (primary N) is 1. The lowest BCUT2D eigenvalue weighted by atomic mass is 10.5. The maximum absolute atomic E-state index is 11.4. The molecule has 2 rings (SSSR count). The highest BCUT2D eigenvalue weighted by Crippen LogP contribution is 1.99. The molecule has 0 radical (unpaired) electrons. The first-order valence-electron chi connectivity index (χ1n) is 4.04. The second-order valence-electron chi connectivity index (χ2n) is 2.89. The number of aryl methyl sites for hydroxylation is 1. The van der Waals surface area contributed by atoms with Crippen LogP contribution in [0.4, 0.5) is 5.82 Å². The van der Waals surface area contributed by atoms with E-state index >= 15 is 0 Å². The van der Waals surface area contributed by atoms with Crippen molar-refractivity contribution in [3.63, 3.8) is 0 Å². The average molecular weight is 191 g/mol. The lowest BCUT2D eigenvalue weighted by Crippen LogP contribution is -2.16. The van der Waals surface area contributed by atoms with Crippen molar-refractivity contribution in [3.05, 3.63) is 34.4 Å². The van der Waals surface area contributed by atoms with Crippen LogP contribution in [0.2, 0.25) is 0 Å². The highest BCUT2D eigenvalue weighted by atomic mass is 16.1. The van der Waals surface area contributed by atoms with Gasteiger partial charge in [-0.1, -0.05) is 0 Å². The van der Waals surface area contributed by atoms with Gasteiger partial charge in [-0.3, -0.25) is 9.89 Å². The third-order valence-electron chi connectivity index (χ3n) is 1.71. The highest BCUT2D eigenvalue weighted by molar-refractivity contribution is 5.29. The third kappa shape index (κ3) is 1.37. The molecule has 0 aromatic carbocycles. The Morgan fingerprint density at radius 1 is 1.57 bits per heavy atom. The van der Waals surface area contributed by atoms with E-state index in [1.54, 1.807) is 13.0 Å². The molecule has 2 aromatic rings. The van der Waals surface area contributed by atoms with Crippen LogP contribution in [0.1, 0.15) is 5.69 Å². The van der Waals surface area contributed by atoms with Gasteiger partial charge >= 0.3 is 0 Å². The van der Waals surface area contributed by atoms with Gasteiger partial charge in [-0.15, -0.1) is 0 Å². The van der Waals surface area contributed by atoms with Crippen LogP contribution in [0.25, 0.3) is 5.95 Å². The Balaban J connectivity index is 2.60. The first kappa shape index (κ1) is 8.49. The molecule has 6 heteroatoms. The van der Waals surface area contributed by atoms with Gasteiger partial charge in [-0.2, -0.15) is 9.67 Å². The van der Waals surface area contributed by atoms with Crippen molar-refractivity contribution in [2.45, 2.75) is 6.92 Å². The Labute approximate surface area is 79.4 Å². The molecule has 6 nitrogen and oxygen atoms in total. The van der Waals surface area contributed by atoms with E-state index < -0.39 is 0 Å². The molecule has 0 unspecified atom stereocenters. The fraction of sp³-hybridized carbons (Fsp3) is 0.125. The number of hydrogen-bond donors (Lipinski definition) is 2. The molecule has 0 fully saturated rings. The Bertz CT molecular complexity index is 512. The van der Waals surface area contributed by atoms with Gasteiger partial charge in [0, 0.05) is 18.0 Å². The van der Waals surface area contributed by atoms with E-state index in [2.05, 4.69) is 15.1 Å². The van der Waals surface area contributed by atoms with E-state index in [0.717, 1.165) is 5.69 Å². The van der Waals surface area contributed by atoms with E-state index in [1.807, 2.05) is 0 Å². The number of nitrogens with zero attached hydrogens (tertiary/aromatic N) is 3. The minimum Gasteiger partial charge on any atom is -0.384 e. The van der Waals surface area contributed by atoms with Crippen LogP contribution >= 0.6 is 0 Å². The topological polar surface area (TPSA) is 89.6 Å². The van der Waals surface area contributed by atoms with Crippen LogP contribution in [0.15, 0.2) is 23.1 Å². The number of H-pyrrole nitrogens is 1. The maximum atomic E-state index is 11.4. The fourth-order valence-electron chi connectivity index (χ4n) is 1.13. The molecule has 0 aliphatic heterocycles. The summed E-state index contributed by atoms with van der Waals surface area (Å²) in [5.41, 5.74) is 6.02. The normalized spacial score (nSPS) is 10.4. The monoisotopic (exact) mass is 191 g/mol. The van der Waals surface area contributed by atoms with E-state index in [-0.39, 0.29) is 11.5 Å². The molecule has 0 saturated heterocycles. The lowest BCUT2D eigenvalue weighted by Gasteiger charge is -1.99. The van der Waals surface area contributed by atoms with E-state index in [1.165, 1.54) is 16.9 Å². The molecule has 0 saturated carbocycles. The van der Waals surface area contributed by atoms with Crippen molar-refractivity contribution < 1.29 is 0 Å². The summed E-state index contributed by atoms with van der Waals surface area (Å²) >= 11 is 0. The minimum atomic E-state index is -0.201. The zero-order valence-electron chi connectivity index (χ0n) is 7.56. The SMILES string of the molecule is Cc1cc(=O)n(-c2nccc(N)n2)[nH]1. The van der Waals surface area contributed by atoms with Gasteiger partial charge in [-0.25, -0.2) is 4.98 Å². The molecule has 0 bridgehead atoms. The van der Waals surface area contributed by atoms with Gasteiger partial charge in [0.15, 0.2) is 0 Å². The number of aromatic nitrogens is 4. The summed E-state index contributed by atoms with van der Waals surface area (Å²) < 4.78 is 1.24. The largest absolute Gasteiger partial charge is 0.384 e. The summed E-state index contributed by atoms with van der Waals surface area (Å²) in [7, 11) is 0. The van der Waals surface area contributed by atoms with Crippen LogP contribution < -0.4 is 11.3 Å². The van der Waals surface area contributed by atoms with Crippen molar-refractivity contribution >= 4 is 5.82 Å². The van der Waals surface area contributed by atoms with E-state index in [9.17, 15) is 4.79 Å². The van der Waals surface area contributed by atoms with Gasteiger partial charge in [0.05, 0.1) is 0 Å². The first-order valence-corrected chi connectivity index (χ1v) is 4.04. The van der Waals surface area contributed by atoms with Gasteiger partial charge in [0.25, 0.3) is 11.5 Å². The zero-order valence-corrected chi connectivity index (χ0v) is 7.56. The van der Waals surface area contributed by atoms with Crippen molar-refractivity contribution in [2.75, 3.05) is 5.73 Å². The van der Waals surface area contributed by atoms with Crippen molar-refractivity contribution in [1.29, 1.82) is 0 Å². The zero-order chi connectivity index (χ0) is 10.1. The molecule has 14 heavy (non-hydrogen) atoms. The predicted molar refractivity (Wildman–Crippen MR) is 51.1 cm³/mol. The van der Waals surface area contributed by atoms with Gasteiger partial charge < -0.3 is 5.73 Å². The molecule has 0 atom stereocenters. The Kier molecular flexibility index (Phi) is 1.81. The average Bonchev–Trinajstić information content (AvgIpc) is 2.45. The summed E-state index contributed by atoms with van der Waals surface area (Å²) in [6.07, 6.45) is 1.50. The summed E-state index contributed by atoms with van der Waals surface area (Å²) in [6.45, 7) is 1.78. The smallest absolute Gasteiger partial charge is 0.274 e. The van der Waals surface area contributed by atoms with Gasteiger partial charge in [0.1, 0.15) is 5.82 Å².